The summed E-state index contributed by atoms with van der Waals surface area (Å²) in [6, 6.07) is 9.20. The maximum Gasteiger partial charge on any atom is 0.0833 e. The summed E-state index contributed by atoms with van der Waals surface area (Å²) in [5.41, 5.74) is 2.35. The van der Waals surface area contributed by atoms with Crippen LogP contribution in [0.15, 0.2) is 24.3 Å². The molecule has 0 aromatic heterocycles. The van der Waals surface area contributed by atoms with Gasteiger partial charge in [0.25, 0.3) is 0 Å². The van der Waals surface area contributed by atoms with Gasteiger partial charge < -0.3 is 10.4 Å². The zero-order valence-electron chi connectivity index (χ0n) is 11.3. The van der Waals surface area contributed by atoms with Gasteiger partial charge >= 0.3 is 0 Å². The number of aliphatic hydroxyl groups is 1. The van der Waals surface area contributed by atoms with E-state index in [0.29, 0.717) is 12.6 Å². The minimum absolute atomic E-state index is 0.508. The molecule has 0 saturated heterocycles. The molecule has 0 amide bonds. The van der Waals surface area contributed by atoms with Crippen molar-refractivity contribution >= 4 is 11.8 Å². The Bertz CT molecular complexity index is 392. The highest BCUT2D eigenvalue weighted by Crippen LogP contribution is 2.21. The molecule has 0 fully saturated rings. The molecule has 0 heterocycles. The first-order valence-electron chi connectivity index (χ1n) is 6.62. The van der Waals surface area contributed by atoms with Gasteiger partial charge in [-0.25, -0.2) is 0 Å². The van der Waals surface area contributed by atoms with E-state index in [1.165, 1.54) is 17.5 Å². The summed E-state index contributed by atoms with van der Waals surface area (Å²) in [6.07, 6.45) is 5.45. The van der Waals surface area contributed by atoms with Gasteiger partial charge in [-0.3, -0.25) is 0 Å². The number of aryl methyl sites for hydroxylation is 1. The van der Waals surface area contributed by atoms with Crippen LogP contribution in [-0.2, 0) is 12.8 Å². The number of rotatable bonds is 5. The number of nitrogens with one attached hydrogen (secondary N) is 1. The van der Waals surface area contributed by atoms with Gasteiger partial charge in [0.15, 0.2) is 0 Å². The van der Waals surface area contributed by atoms with Gasteiger partial charge in [-0.1, -0.05) is 24.3 Å². The van der Waals surface area contributed by atoms with E-state index in [1.54, 1.807) is 11.8 Å². The molecular formula is C15H23NOS. The van der Waals surface area contributed by atoms with Crippen LogP contribution < -0.4 is 5.32 Å². The Balaban J connectivity index is 1.87. The average Bonchev–Trinajstić information content (AvgIpc) is 2.36. The van der Waals surface area contributed by atoms with Crippen molar-refractivity contribution in [1.29, 1.82) is 0 Å². The van der Waals surface area contributed by atoms with E-state index in [9.17, 15) is 5.11 Å². The number of fused-ring (bicyclic) bond motifs is 1. The predicted octanol–water partition coefficient (Wildman–Crippen LogP) is 2.25. The Hall–Kier alpha value is -0.510. The molecule has 0 radical (unpaired) electrons. The van der Waals surface area contributed by atoms with Crippen molar-refractivity contribution in [3.05, 3.63) is 35.4 Å². The minimum Gasteiger partial charge on any atom is -0.388 e. The first-order valence-corrected chi connectivity index (χ1v) is 8.01. The van der Waals surface area contributed by atoms with Crippen LogP contribution in [0.2, 0.25) is 0 Å². The Morgan fingerprint density at radius 2 is 2.11 bits per heavy atom. The molecule has 0 bridgehead atoms. The fourth-order valence-electron chi connectivity index (χ4n) is 2.60. The monoisotopic (exact) mass is 265 g/mol. The van der Waals surface area contributed by atoms with E-state index in [-0.39, 0.29) is 0 Å². The lowest BCUT2D eigenvalue weighted by Crippen LogP contribution is -2.45. The van der Waals surface area contributed by atoms with E-state index in [1.807, 2.05) is 13.2 Å². The molecule has 1 aromatic rings. The number of hydrogen-bond donors (Lipinski definition) is 2. The van der Waals surface area contributed by atoms with Crippen LogP contribution >= 0.6 is 11.8 Å². The van der Waals surface area contributed by atoms with Gasteiger partial charge in [-0.2, -0.15) is 11.8 Å². The van der Waals surface area contributed by atoms with Gasteiger partial charge in [0.2, 0.25) is 0 Å². The Kier molecular flexibility index (Phi) is 4.71. The zero-order valence-corrected chi connectivity index (χ0v) is 12.1. The molecule has 0 saturated carbocycles. The zero-order chi connectivity index (χ0) is 13.0. The topological polar surface area (TPSA) is 32.3 Å². The van der Waals surface area contributed by atoms with E-state index >= 15 is 0 Å². The van der Waals surface area contributed by atoms with Crippen molar-refractivity contribution in [2.45, 2.75) is 37.8 Å². The summed E-state index contributed by atoms with van der Waals surface area (Å²) >= 11 is 1.69. The van der Waals surface area contributed by atoms with Crippen molar-refractivity contribution in [2.24, 2.45) is 0 Å². The van der Waals surface area contributed by atoms with Crippen molar-refractivity contribution in [1.82, 2.24) is 5.32 Å². The summed E-state index contributed by atoms with van der Waals surface area (Å²) in [7, 11) is 0. The Morgan fingerprint density at radius 1 is 1.39 bits per heavy atom. The first-order chi connectivity index (χ1) is 8.61. The molecule has 100 valence electrons. The lowest BCUT2D eigenvalue weighted by atomic mass is 9.88. The first kappa shape index (κ1) is 13.9. The van der Waals surface area contributed by atoms with Gasteiger partial charge in [0, 0.05) is 18.3 Å². The van der Waals surface area contributed by atoms with Crippen LogP contribution in [0.25, 0.3) is 0 Å². The molecular weight excluding hydrogens is 242 g/mol. The van der Waals surface area contributed by atoms with Crippen LogP contribution in [0, 0.1) is 0 Å². The van der Waals surface area contributed by atoms with E-state index in [2.05, 4.69) is 29.6 Å². The number of benzene rings is 1. The summed E-state index contributed by atoms with van der Waals surface area (Å²) in [5.74, 6) is 0.781. The summed E-state index contributed by atoms with van der Waals surface area (Å²) < 4.78 is 0. The second-order valence-electron chi connectivity index (χ2n) is 5.52. The highest BCUT2D eigenvalue weighted by atomic mass is 32.2. The molecule has 1 aromatic carbocycles. The van der Waals surface area contributed by atoms with Crippen LogP contribution in [-0.4, -0.2) is 35.3 Å². The molecule has 2 rings (SSSR count). The molecule has 1 aliphatic carbocycles. The largest absolute Gasteiger partial charge is 0.388 e. The maximum absolute atomic E-state index is 10.2. The summed E-state index contributed by atoms with van der Waals surface area (Å²) in [4.78, 5) is 0. The second-order valence-corrected chi connectivity index (χ2v) is 6.39. The molecule has 1 aliphatic rings. The summed E-state index contributed by atoms with van der Waals surface area (Å²) in [6.45, 7) is 2.59. The molecule has 18 heavy (non-hydrogen) atoms. The quantitative estimate of drug-likeness (QED) is 0.856. The van der Waals surface area contributed by atoms with Crippen molar-refractivity contribution in [3.63, 3.8) is 0 Å². The fraction of sp³-hybridized carbons (Fsp3) is 0.600. The van der Waals surface area contributed by atoms with Crippen LogP contribution in [0.1, 0.15) is 24.5 Å². The van der Waals surface area contributed by atoms with Gasteiger partial charge in [0.05, 0.1) is 5.60 Å². The van der Waals surface area contributed by atoms with Gasteiger partial charge in [-0.15, -0.1) is 0 Å². The second kappa shape index (κ2) is 6.09. The maximum atomic E-state index is 10.2. The van der Waals surface area contributed by atoms with Crippen molar-refractivity contribution in [2.75, 3.05) is 18.6 Å². The van der Waals surface area contributed by atoms with Crippen molar-refractivity contribution in [3.8, 4) is 0 Å². The smallest absolute Gasteiger partial charge is 0.0833 e. The standard InChI is InChI=1S/C15H23NOS/c1-15(17,11-18-2)10-16-14-8-7-12-5-3-4-6-13(12)9-14/h3-6,14,16-17H,7-11H2,1-2H3. The molecule has 2 N–H and O–H groups in total. The predicted molar refractivity (Wildman–Crippen MR) is 79.3 cm³/mol. The van der Waals surface area contributed by atoms with Crippen LogP contribution in [0.4, 0.5) is 0 Å². The molecule has 2 atom stereocenters. The lowest BCUT2D eigenvalue weighted by Gasteiger charge is -2.30. The van der Waals surface area contributed by atoms with E-state index in [0.717, 1.165) is 18.6 Å². The SMILES string of the molecule is CSCC(C)(O)CNC1CCc2ccccc2C1. The lowest BCUT2D eigenvalue weighted by molar-refractivity contribution is 0.0807. The minimum atomic E-state index is -0.601. The molecule has 3 heteroatoms. The Morgan fingerprint density at radius 3 is 2.83 bits per heavy atom. The molecule has 0 aliphatic heterocycles. The van der Waals surface area contributed by atoms with Crippen LogP contribution in [0.3, 0.4) is 0 Å². The number of thioether (sulfide) groups is 1. The average molecular weight is 265 g/mol. The van der Waals surface area contributed by atoms with Crippen molar-refractivity contribution < 1.29 is 5.11 Å². The molecule has 2 unspecified atom stereocenters. The Labute approximate surface area is 114 Å². The number of hydrogen-bond acceptors (Lipinski definition) is 3. The molecule has 2 nitrogen and oxygen atoms in total. The third kappa shape index (κ3) is 3.74. The van der Waals surface area contributed by atoms with E-state index < -0.39 is 5.60 Å². The highest BCUT2D eigenvalue weighted by Gasteiger charge is 2.23. The van der Waals surface area contributed by atoms with Gasteiger partial charge in [-0.05, 0) is 43.6 Å². The molecule has 0 spiro atoms. The third-order valence-corrected chi connectivity index (χ3v) is 4.48. The normalized spacial score (nSPS) is 22.3. The van der Waals surface area contributed by atoms with E-state index in [4.69, 9.17) is 0 Å². The van der Waals surface area contributed by atoms with Gasteiger partial charge in [0.1, 0.15) is 0 Å². The highest BCUT2D eigenvalue weighted by molar-refractivity contribution is 7.98. The van der Waals surface area contributed by atoms with Crippen LogP contribution in [0.5, 0.6) is 0 Å². The summed E-state index contributed by atoms with van der Waals surface area (Å²) in [5, 5.41) is 13.7. The fourth-order valence-corrected chi connectivity index (χ4v) is 3.32. The third-order valence-electron chi connectivity index (χ3n) is 3.57.